The monoisotopic (exact) mass is 307 g/mol. The standard InChI is InChI=1S/C16H25N3O3/c1-3-12-9-13(4-2)19-16(18-12)17-10-14(15(20)21)11-5-7-22-8-6-11/h9,11,14H,3-8,10H2,1-2H3,(H,20,21)(H,17,18,19). The van der Waals surface area contributed by atoms with Gasteiger partial charge in [0.15, 0.2) is 0 Å². The maximum absolute atomic E-state index is 11.5. The summed E-state index contributed by atoms with van der Waals surface area (Å²) in [6.07, 6.45) is 3.28. The minimum absolute atomic E-state index is 0.152. The smallest absolute Gasteiger partial charge is 0.308 e. The molecule has 6 nitrogen and oxygen atoms in total. The summed E-state index contributed by atoms with van der Waals surface area (Å²) in [6.45, 7) is 5.75. The molecular formula is C16H25N3O3. The van der Waals surface area contributed by atoms with Crippen molar-refractivity contribution in [2.45, 2.75) is 39.5 Å². The molecule has 122 valence electrons. The first-order valence-corrected chi connectivity index (χ1v) is 8.05. The highest BCUT2D eigenvalue weighted by Crippen LogP contribution is 2.24. The number of anilines is 1. The fraction of sp³-hybridized carbons (Fsp3) is 0.688. The highest BCUT2D eigenvalue weighted by molar-refractivity contribution is 5.71. The molecule has 1 saturated heterocycles. The second-order valence-electron chi connectivity index (χ2n) is 5.66. The molecule has 1 aromatic rings. The van der Waals surface area contributed by atoms with Crippen molar-refractivity contribution >= 4 is 11.9 Å². The van der Waals surface area contributed by atoms with Crippen molar-refractivity contribution in [3.63, 3.8) is 0 Å². The van der Waals surface area contributed by atoms with Gasteiger partial charge in [-0.3, -0.25) is 4.79 Å². The minimum Gasteiger partial charge on any atom is -0.481 e. The molecule has 1 aromatic heterocycles. The predicted molar refractivity (Wildman–Crippen MR) is 83.9 cm³/mol. The average molecular weight is 307 g/mol. The summed E-state index contributed by atoms with van der Waals surface area (Å²) < 4.78 is 5.31. The molecule has 0 radical (unpaired) electrons. The van der Waals surface area contributed by atoms with E-state index in [-0.39, 0.29) is 5.92 Å². The summed E-state index contributed by atoms with van der Waals surface area (Å²) >= 11 is 0. The molecule has 0 spiro atoms. The number of ether oxygens (including phenoxy) is 1. The molecule has 1 aliphatic heterocycles. The van der Waals surface area contributed by atoms with Crippen LogP contribution in [0.5, 0.6) is 0 Å². The third-order valence-electron chi connectivity index (χ3n) is 4.19. The normalized spacial score (nSPS) is 17.2. The molecule has 0 saturated carbocycles. The number of carboxylic acid groups (broad SMARTS) is 1. The first-order valence-electron chi connectivity index (χ1n) is 8.05. The third kappa shape index (κ3) is 4.40. The van der Waals surface area contributed by atoms with Crippen molar-refractivity contribution in [1.29, 1.82) is 0 Å². The Kier molecular flexibility index (Phi) is 6.12. The second kappa shape index (κ2) is 8.08. The molecule has 1 aliphatic rings. The van der Waals surface area contributed by atoms with E-state index in [0.717, 1.165) is 37.1 Å². The number of aliphatic carboxylic acids is 1. The van der Waals surface area contributed by atoms with E-state index in [1.807, 2.05) is 19.9 Å². The predicted octanol–water partition coefficient (Wildman–Crippen LogP) is 2.14. The molecule has 1 atom stereocenters. The number of rotatable bonds is 7. The van der Waals surface area contributed by atoms with Crippen LogP contribution in [-0.4, -0.2) is 40.8 Å². The lowest BCUT2D eigenvalue weighted by molar-refractivity contribution is -0.144. The lowest BCUT2D eigenvalue weighted by Gasteiger charge is -2.27. The van der Waals surface area contributed by atoms with Crippen LogP contribution in [0.15, 0.2) is 6.07 Å². The highest BCUT2D eigenvalue weighted by atomic mass is 16.5. The molecule has 0 aromatic carbocycles. The Bertz CT molecular complexity index is 479. The number of carboxylic acids is 1. The van der Waals surface area contributed by atoms with Gasteiger partial charge in [0, 0.05) is 31.1 Å². The van der Waals surface area contributed by atoms with Crippen molar-refractivity contribution in [3.8, 4) is 0 Å². The maximum atomic E-state index is 11.5. The first kappa shape index (κ1) is 16.7. The van der Waals surface area contributed by atoms with E-state index in [1.54, 1.807) is 0 Å². The Hall–Kier alpha value is -1.69. The van der Waals surface area contributed by atoms with Crippen LogP contribution in [0.1, 0.15) is 38.1 Å². The molecular weight excluding hydrogens is 282 g/mol. The molecule has 0 aliphatic carbocycles. The summed E-state index contributed by atoms with van der Waals surface area (Å²) in [5.74, 6) is -0.502. The summed E-state index contributed by atoms with van der Waals surface area (Å²) in [7, 11) is 0. The van der Waals surface area contributed by atoms with E-state index in [9.17, 15) is 9.90 Å². The van der Waals surface area contributed by atoms with Crippen LogP contribution < -0.4 is 5.32 Å². The number of nitrogens with zero attached hydrogens (tertiary/aromatic N) is 2. The van der Waals surface area contributed by atoms with Crippen molar-refractivity contribution in [2.24, 2.45) is 11.8 Å². The Labute approximate surface area is 131 Å². The van der Waals surface area contributed by atoms with Gasteiger partial charge in [-0.25, -0.2) is 9.97 Å². The molecule has 2 rings (SSSR count). The van der Waals surface area contributed by atoms with Crippen LogP contribution in [0.3, 0.4) is 0 Å². The van der Waals surface area contributed by atoms with Crippen molar-refractivity contribution in [1.82, 2.24) is 9.97 Å². The number of hydrogen-bond donors (Lipinski definition) is 2. The number of nitrogens with one attached hydrogen (secondary N) is 1. The van der Waals surface area contributed by atoms with Crippen LogP contribution in [0.25, 0.3) is 0 Å². The Balaban J connectivity index is 2.03. The van der Waals surface area contributed by atoms with Gasteiger partial charge in [0.2, 0.25) is 5.95 Å². The summed E-state index contributed by atoms with van der Waals surface area (Å²) in [5, 5.41) is 12.6. The van der Waals surface area contributed by atoms with Crippen LogP contribution in [0.2, 0.25) is 0 Å². The van der Waals surface area contributed by atoms with E-state index >= 15 is 0 Å². The summed E-state index contributed by atoms with van der Waals surface area (Å²) in [4.78, 5) is 20.4. The van der Waals surface area contributed by atoms with Crippen LogP contribution in [0, 0.1) is 11.8 Å². The van der Waals surface area contributed by atoms with Crippen LogP contribution in [0.4, 0.5) is 5.95 Å². The number of aryl methyl sites for hydroxylation is 2. The van der Waals surface area contributed by atoms with Gasteiger partial charge in [-0.05, 0) is 37.7 Å². The Morgan fingerprint density at radius 2 is 1.91 bits per heavy atom. The average Bonchev–Trinajstić information content (AvgIpc) is 2.55. The van der Waals surface area contributed by atoms with Crippen LogP contribution in [-0.2, 0) is 22.4 Å². The molecule has 6 heteroatoms. The van der Waals surface area contributed by atoms with Crippen molar-refractivity contribution in [3.05, 3.63) is 17.5 Å². The SMILES string of the molecule is CCc1cc(CC)nc(NCC(C(=O)O)C2CCOCC2)n1. The molecule has 2 N–H and O–H groups in total. The summed E-state index contributed by atoms with van der Waals surface area (Å²) in [6, 6.07) is 2.00. The molecule has 1 unspecified atom stereocenters. The van der Waals surface area contributed by atoms with E-state index < -0.39 is 11.9 Å². The number of aromatic nitrogens is 2. The number of carbonyl (C=O) groups is 1. The topological polar surface area (TPSA) is 84.3 Å². The van der Waals surface area contributed by atoms with Crippen molar-refractivity contribution in [2.75, 3.05) is 25.1 Å². The van der Waals surface area contributed by atoms with Crippen molar-refractivity contribution < 1.29 is 14.6 Å². The van der Waals surface area contributed by atoms with Gasteiger partial charge in [0.25, 0.3) is 0 Å². The minimum atomic E-state index is -0.762. The Morgan fingerprint density at radius 1 is 1.32 bits per heavy atom. The first-order chi connectivity index (χ1) is 10.6. The van der Waals surface area contributed by atoms with Gasteiger partial charge >= 0.3 is 5.97 Å². The zero-order valence-corrected chi connectivity index (χ0v) is 13.3. The lowest BCUT2D eigenvalue weighted by atomic mass is 9.86. The van der Waals surface area contributed by atoms with E-state index in [0.29, 0.717) is 25.7 Å². The summed E-state index contributed by atoms with van der Waals surface area (Å²) in [5.41, 5.74) is 1.96. The quantitative estimate of drug-likeness (QED) is 0.803. The highest BCUT2D eigenvalue weighted by Gasteiger charge is 2.29. The third-order valence-corrected chi connectivity index (χ3v) is 4.19. The van der Waals surface area contributed by atoms with Gasteiger partial charge < -0.3 is 15.2 Å². The van der Waals surface area contributed by atoms with E-state index in [1.165, 1.54) is 0 Å². The van der Waals surface area contributed by atoms with E-state index in [2.05, 4.69) is 15.3 Å². The zero-order valence-electron chi connectivity index (χ0n) is 13.3. The molecule has 0 amide bonds. The van der Waals surface area contributed by atoms with Gasteiger partial charge in [-0.15, -0.1) is 0 Å². The van der Waals surface area contributed by atoms with Gasteiger partial charge in [-0.1, -0.05) is 13.8 Å². The fourth-order valence-corrected chi connectivity index (χ4v) is 2.77. The number of hydrogen-bond acceptors (Lipinski definition) is 5. The van der Waals surface area contributed by atoms with Gasteiger partial charge in [-0.2, -0.15) is 0 Å². The molecule has 1 fully saturated rings. The lowest BCUT2D eigenvalue weighted by Crippen LogP contribution is -2.34. The van der Waals surface area contributed by atoms with Crippen LogP contribution >= 0.6 is 0 Å². The Morgan fingerprint density at radius 3 is 2.41 bits per heavy atom. The largest absolute Gasteiger partial charge is 0.481 e. The van der Waals surface area contributed by atoms with E-state index in [4.69, 9.17) is 4.74 Å². The molecule has 22 heavy (non-hydrogen) atoms. The molecule has 0 bridgehead atoms. The molecule has 2 heterocycles. The zero-order chi connectivity index (χ0) is 15.9. The van der Waals surface area contributed by atoms with Gasteiger partial charge in [0.1, 0.15) is 0 Å². The maximum Gasteiger partial charge on any atom is 0.308 e. The fourth-order valence-electron chi connectivity index (χ4n) is 2.77. The van der Waals surface area contributed by atoms with Gasteiger partial charge in [0.05, 0.1) is 5.92 Å². The second-order valence-corrected chi connectivity index (χ2v) is 5.66.